The second-order valence-corrected chi connectivity index (χ2v) is 6.52. The van der Waals surface area contributed by atoms with Gasteiger partial charge in [-0.2, -0.15) is 0 Å². The van der Waals surface area contributed by atoms with Gasteiger partial charge in [0.15, 0.2) is 5.58 Å². The summed E-state index contributed by atoms with van der Waals surface area (Å²) in [5, 5.41) is 0.738. The molecular formula is C23H21NO6. The first-order chi connectivity index (χ1) is 14.6. The van der Waals surface area contributed by atoms with E-state index in [2.05, 4.69) is 4.98 Å². The zero-order valence-electron chi connectivity index (χ0n) is 16.9. The number of benzene rings is 2. The van der Waals surface area contributed by atoms with E-state index in [1.165, 1.54) is 0 Å². The van der Waals surface area contributed by atoms with Gasteiger partial charge < -0.3 is 23.6 Å². The molecular weight excluding hydrogens is 386 g/mol. The molecule has 4 aromatic rings. The van der Waals surface area contributed by atoms with Crippen molar-refractivity contribution in [2.24, 2.45) is 0 Å². The van der Waals surface area contributed by atoms with Gasteiger partial charge >= 0.3 is 5.97 Å². The van der Waals surface area contributed by atoms with Gasteiger partial charge in [0.25, 0.3) is 5.56 Å². The van der Waals surface area contributed by atoms with Gasteiger partial charge in [-0.3, -0.25) is 4.79 Å². The Hall–Kier alpha value is -3.74. The highest BCUT2D eigenvalue weighted by molar-refractivity contribution is 6.12. The van der Waals surface area contributed by atoms with Crippen molar-refractivity contribution in [3.8, 4) is 22.6 Å². The highest BCUT2D eigenvalue weighted by atomic mass is 16.5. The van der Waals surface area contributed by atoms with Crippen molar-refractivity contribution in [2.45, 2.75) is 13.8 Å². The van der Waals surface area contributed by atoms with Gasteiger partial charge in [0, 0.05) is 10.9 Å². The van der Waals surface area contributed by atoms with E-state index >= 15 is 0 Å². The van der Waals surface area contributed by atoms with Crippen LogP contribution in [0.25, 0.3) is 33.2 Å². The summed E-state index contributed by atoms with van der Waals surface area (Å²) in [6.07, 6.45) is 0. The molecule has 7 heteroatoms. The van der Waals surface area contributed by atoms with Crippen LogP contribution in [0.1, 0.15) is 24.2 Å². The number of rotatable bonds is 6. The van der Waals surface area contributed by atoms with Gasteiger partial charge in [-0.15, -0.1) is 0 Å². The largest absolute Gasteiger partial charge is 0.497 e. The Balaban J connectivity index is 2.17. The van der Waals surface area contributed by atoms with E-state index < -0.39 is 11.5 Å². The fourth-order valence-corrected chi connectivity index (χ4v) is 3.52. The van der Waals surface area contributed by atoms with Gasteiger partial charge in [0.1, 0.15) is 22.6 Å². The molecule has 0 saturated heterocycles. The van der Waals surface area contributed by atoms with Crippen LogP contribution in [0.15, 0.2) is 51.7 Å². The van der Waals surface area contributed by atoms with E-state index in [0.29, 0.717) is 45.9 Å². The number of ether oxygens (including phenoxy) is 3. The molecule has 0 atom stereocenters. The second kappa shape index (κ2) is 7.94. The predicted molar refractivity (Wildman–Crippen MR) is 113 cm³/mol. The smallest absolute Gasteiger partial charge is 0.344 e. The van der Waals surface area contributed by atoms with E-state index in [0.717, 1.165) is 5.39 Å². The second-order valence-electron chi connectivity index (χ2n) is 6.52. The fourth-order valence-electron chi connectivity index (χ4n) is 3.52. The van der Waals surface area contributed by atoms with Gasteiger partial charge in [0.2, 0.25) is 0 Å². The van der Waals surface area contributed by atoms with Crippen LogP contribution >= 0.6 is 0 Å². The normalized spacial score (nSPS) is 11.0. The maximum absolute atomic E-state index is 13.0. The summed E-state index contributed by atoms with van der Waals surface area (Å²) in [7, 11) is 1.54. The maximum Gasteiger partial charge on any atom is 0.344 e. The molecule has 30 heavy (non-hydrogen) atoms. The van der Waals surface area contributed by atoms with Gasteiger partial charge in [-0.05, 0) is 44.2 Å². The Morgan fingerprint density at radius 3 is 2.63 bits per heavy atom. The van der Waals surface area contributed by atoms with Crippen molar-refractivity contribution in [3.63, 3.8) is 0 Å². The van der Waals surface area contributed by atoms with Crippen LogP contribution in [0.4, 0.5) is 0 Å². The number of furan rings is 1. The summed E-state index contributed by atoms with van der Waals surface area (Å²) in [6, 6.07) is 12.5. The summed E-state index contributed by atoms with van der Waals surface area (Å²) < 4.78 is 22.4. The Bertz CT molecular complexity index is 1300. The molecule has 0 saturated carbocycles. The standard InChI is InChI=1S/C23H21NO6/c1-4-28-16-11-10-13(27-3)12-15(16)18-19(23(26)29-5-2)22(25)24-20-14-8-6-7-9-17(14)30-21(18)20/h6-12H,4-5H2,1-3H3,(H,24,25). The number of aromatic amines is 1. The Morgan fingerprint density at radius 1 is 1.10 bits per heavy atom. The van der Waals surface area contributed by atoms with Crippen molar-refractivity contribution in [1.82, 2.24) is 4.98 Å². The lowest BCUT2D eigenvalue weighted by molar-refractivity contribution is 0.0525. The number of fused-ring (bicyclic) bond motifs is 3. The highest BCUT2D eigenvalue weighted by Crippen LogP contribution is 2.41. The van der Waals surface area contributed by atoms with Gasteiger partial charge in [0.05, 0.1) is 31.4 Å². The van der Waals surface area contributed by atoms with Crippen molar-refractivity contribution in [1.29, 1.82) is 0 Å². The summed E-state index contributed by atoms with van der Waals surface area (Å²) in [4.78, 5) is 28.6. The molecule has 2 aromatic heterocycles. The van der Waals surface area contributed by atoms with Crippen molar-refractivity contribution < 1.29 is 23.4 Å². The number of hydrogen-bond acceptors (Lipinski definition) is 6. The third-order valence-corrected chi connectivity index (χ3v) is 4.77. The third-order valence-electron chi connectivity index (χ3n) is 4.77. The number of aromatic nitrogens is 1. The number of methoxy groups -OCH3 is 1. The zero-order valence-corrected chi connectivity index (χ0v) is 16.9. The lowest BCUT2D eigenvalue weighted by Crippen LogP contribution is -2.21. The van der Waals surface area contributed by atoms with Crippen molar-refractivity contribution >= 4 is 28.0 Å². The van der Waals surface area contributed by atoms with Crippen molar-refractivity contribution in [3.05, 3.63) is 58.4 Å². The van der Waals surface area contributed by atoms with Crippen molar-refractivity contribution in [2.75, 3.05) is 20.3 Å². The third kappa shape index (κ3) is 3.18. The van der Waals surface area contributed by atoms with E-state index in [4.69, 9.17) is 18.6 Å². The van der Waals surface area contributed by atoms with Crippen LogP contribution in [-0.4, -0.2) is 31.3 Å². The number of hydrogen-bond donors (Lipinski definition) is 1. The molecule has 0 radical (unpaired) electrons. The molecule has 2 heterocycles. The molecule has 4 rings (SSSR count). The molecule has 1 N–H and O–H groups in total. The first kappa shape index (κ1) is 19.6. The molecule has 7 nitrogen and oxygen atoms in total. The van der Waals surface area contributed by atoms with E-state index in [-0.39, 0.29) is 12.2 Å². The monoisotopic (exact) mass is 407 g/mol. The molecule has 0 aliphatic carbocycles. The molecule has 154 valence electrons. The highest BCUT2D eigenvalue weighted by Gasteiger charge is 2.27. The molecule has 0 aliphatic heterocycles. The average molecular weight is 407 g/mol. The first-order valence-electron chi connectivity index (χ1n) is 9.64. The minimum absolute atomic E-state index is 0.131. The summed E-state index contributed by atoms with van der Waals surface area (Å²) in [6.45, 7) is 4.07. The number of nitrogens with one attached hydrogen (secondary N) is 1. The number of carbonyl (C=O) groups is 1. The van der Waals surface area contributed by atoms with E-state index in [1.54, 1.807) is 38.3 Å². The first-order valence-corrected chi connectivity index (χ1v) is 9.64. The SMILES string of the molecule is CCOC(=O)c1c(-c2cc(OC)ccc2OCC)c2oc3ccccc3c2[nH]c1=O. The van der Waals surface area contributed by atoms with Gasteiger partial charge in [-0.1, -0.05) is 12.1 Å². The molecule has 0 fully saturated rings. The Labute approximate surface area is 172 Å². The molecule has 0 aliphatic rings. The quantitative estimate of drug-likeness (QED) is 0.473. The maximum atomic E-state index is 13.0. The molecule has 0 unspecified atom stereocenters. The van der Waals surface area contributed by atoms with Crippen LogP contribution in [0.5, 0.6) is 11.5 Å². The van der Waals surface area contributed by atoms with Crippen LogP contribution in [0, 0.1) is 0 Å². The Morgan fingerprint density at radius 2 is 1.90 bits per heavy atom. The zero-order chi connectivity index (χ0) is 21.3. The lowest BCUT2D eigenvalue weighted by atomic mass is 9.98. The van der Waals surface area contributed by atoms with Gasteiger partial charge in [-0.25, -0.2) is 4.79 Å². The molecule has 2 aromatic carbocycles. The molecule has 0 amide bonds. The number of carbonyl (C=O) groups excluding carboxylic acids is 1. The predicted octanol–water partition coefficient (Wildman–Crippen LogP) is 4.53. The van der Waals surface area contributed by atoms with E-state index in [9.17, 15) is 9.59 Å². The minimum atomic E-state index is -0.735. The fraction of sp³-hybridized carbons (Fsp3) is 0.217. The van der Waals surface area contributed by atoms with Crippen LogP contribution in [-0.2, 0) is 4.74 Å². The van der Waals surface area contributed by atoms with Crippen LogP contribution in [0.2, 0.25) is 0 Å². The number of esters is 1. The Kier molecular flexibility index (Phi) is 5.18. The van der Waals surface area contributed by atoms with Crippen LogP contribution < -0.4 is 15.0 Å². The summed E-state index contributed by atoms with van der Waals surface area (Å²) in [5.74, 6) is 0.311. The number of pyridine rings is 1. The molecule has 0 spiro atoms. The number of para-hydroxylation sites is 1. The number of H-pyrrole nitrogens is 1. The van der Waals surface area contributed by atoms with E-state index in [1.807, 2.05) is 25.1 Å². The van der Waals surface area contributed by atoms with Crippen LogP contribution in [0.3, 0.4) is 0 Å². The summed E-state index contributed by atoms with van der Waals surface area (Å²) in [5.41, 5.74) is 1.58. The topological polar surface area (TPSA) is 90.8 Å². The average Bonchev–Trinajstić information content (AvgIpc) is 3.11. The summed E-state index contributed by atoms with van der Waals surface area (Å²) >= 11 is 0. The minimum Gasteiger partial charge on any atom is -0.497 e. The molecule has 0 bridgehead atoms. The lowest BCUT2D eigenvalue weighted by Gasteiger charge is -2.15.